The first-order valence-corrected chi connectivity index (χ1v) is 8.81. The molecule has 1 aromatic heterocycles. The van der Waals surface area contributed by atoms with Crippen LogP contribution in [0.2, 0.25) is 0 Å². The molecule has 1 aliphatic rings. The van der Waals surface area contributed by atoms with E-state index in [0.29, 0.717) is 12.0 Å². The fraction of sp³-hybridized carbons (Fsp3) is 0.706. The van der Waals surface area contributed by atoms with Crippen molar-refractivity contribution < 1.29 is 0 Å². The second-order valence-corrected chi connectivity index (χ2v) is 6.55. The molecule has 2 rings (SSSR count). The zero-order chi connectivity index (χ0) is 17.4. The van der Waals surface area contributed by atoms with Crippen molar-refractivity contribution in [2.45, 2.75) is 26.8 Å². The van der Waals surface area contributed by atoms with E-state index >= 15 is 0 Å². The Morgan fingerprint density at radius 3 is 2.42 bits per heavy atom. The summed E-state index contributed by atoms with van der Waals surface area (Å²) in [4.78, 5) is 17.7. The van der Waals surface area contributed by atoms with E-state index in [0.717, 1.165) is 51.2 Å². The Hall–Kier alpha value is -1.89. The zero-order valence-electron chi connectivity index (χ0n) is 15.4. The van der Waals surface area contributed by atoms with Gasteiger partial charge in [0.15, 0.2) is 5.96 Å². The molecule has 0 aliphatic carbocycles. The predicted molar refractivity (Wildman–Crippen MR) is 99.5 cm³/mol. The third-order valence-electron chi connectivity index (χ3n) is 4.52. The predicted octanol–water partition coefficient (Wildman–Crippen LogP) is 0.808. The highest BCUT2D eigenvalue weighted by Gasteiger charge is 2.18. The van der Waals surface area contributed by atoms with Crippen LogP contribution in [0.15, 0.2) is 23.5 Å². The molecular weight excluding hydrogens is 302 g/mol. The van der Waals surface area contributed by atoms with E-state index in [-0.39, 0.29) is 0 Å². The third kappa shape index (κ3) is 5.63. The van der Waals surface area contributed by atoms with Gasteiger partial charge in [-0.2, -0.15) is 0 Å². The molecule has 0 bridgehead atoms. The first-order valence-electron chi connectivity index (χ1n) is 8.81. The fourth-order valence-corrected chi connectivity index (χ4v) is 2.54. The first-order chi connectivity index (χ1) is 11.6. The molecule has 0 amide bonds. The second kappa shape index (κ2) is 9.42. The van der Waals surface area contributed by atoms with E-state index in [1.165, 1.54) is 0 Å². The number of piperazine rings is 1. The van der Waals surface area contributed by atoms with Crippen LogP contribution in [0.1, 0.15) is 20.8 Å². The molecule has 2 heterocycles. The number of aromatic nitrogens is 2. The van der Waals surface area contributed by atoms with Gasteiger partial charge in [-0.3, -0.25) is 9.89 Å². The Morgan fingerprint density at radius 1 is 1.17 bits per heavy atom. The number of aliphatic imine (C=N–C) groups is 1. The first kappa shape index (κ1) is 18.4. The summed E-state index contributed by atoms with van der Waals surface area (Å²) in [5.41, 5.74) is 0. The van der Waals surface area contributed by atoms with Gasteiger partial charge in [0.05, 0.1) is 0 Å². The summed E-state index contributed by atoms with van der Waals surface area (Å²) < 4.78 is 0. The van der Waals surface area contributed by atoms with Crippen LogP contribution in [0, 0.1) is 5.92 Å². The summed E-state index contributed by atoms with van der Waals surface area (Å²) in [5, 5.41) is 6.83. The van der Waals surface area contributed by atoms with Crippen molar-refractivity contribution in [3.8, 4) is 0 Å². The van der Waals surface area contributed by atoms with Crippen molar-refractivity contribution in [3.63, 3.8) is 0 Å². The maximum Gasteiger partial charge on any atom is 0.225 e. The quantitative estimate of drug-likeness (QED) is 0.593. The normalized spacial score (nSPS) is 17.9. The highest BCUT2D eigenvalue weighted by molar-refractivity contribution is 5.79. The monoisotopic (exact) mass is 333 g/mol. The minimum Gasteiger partial charge on any atom is -0.355 e. The zero-order valence-corrected chi connectivity index (χ0v) is 15.4. The largest absolute Gasteiger partial charge is 0.355 e. The molecule has 0 aromatic carbocycles. The van der Waals surface area contributed by atoms with Gasteiger partial charge in [0.1, 0.15) is 0 Å². The van der Waals surface area contributed by atoms with Crippen molar-refractivity contribution in [3.05, 3.63) is 18.5 Å². The Bertz CT molecular complexity index is 495. The lowest BCUT2D eigenvalue weighted by Gasteiger charge is -2.34. The van der Waals surface area contributed by atoms with Crippen LogP contribution >= 0.6 is 0 Å². The van der Waals surface area contributed by atoms with Crippen LogP contribution < -0.4 is 15.5 Å². The van der Waals surface area contributed by atoms with Crippen molar-refractivity contribution in [2.24, 2.45) is 10.9 Å². The molecule has 1 aromatic rings. The maximum absolute atomic E-state index is 4.33. The number of hydrogen-bond acceptors (Lipinski definition) is 5. The van der Waals surface area contributed by atoms with Crippen LogP contribution in [0.3, 0.4) is 0 Å². The maximum atomic E-state index is 4.33. The SMILES string of the molecule is CN=C(NCCN1CCN(c2ncccn2)CC1)NC(C)C(C)C. The molecule has 2 N–H and O–H groups in total. The number of nitrogens with zero attached hydrogens (tertiary/aromatic N) is 5. The molecule has 0 spiro atoms. The third-order valence-corrected chi connectivity index (χ3v) is 4.52. The van der Waals surface area contributed by atoms with Crippen LogP contribution in [0.25, 0.3) is 0 Å². The van der Waals surface area contributed by atoms with Gasteiger partial charge in [-0.1, -0.05) is 13.8 Å². The molecular formula is C17H31N7. The van der Waals surface area contributed by atoms with E-state index < -0.39 is 0 Å². The Morgan fingerprint density at radius 2 is 1.83 bits per heavy atom. The van der Waals surface area contributed by atoms with Gasteiger partial charge >= 0.3 is 0 Å². The Kier molecular flexibility index (Phi) is 7.24. The lowest BCUT2D eigenvalue weighted by Crippen LogP contribution is -2.50. The summed E-state index contributed by atoms with van der Waals surface area (Å²) in [7, 11) is 1.82. The van der Waals surface area contributed by atoms with Crippen LogP contribution in [-0.4, -0.2) is 73.2 Å². The molecule has 0 radical (unpaired) electrons. The average Bonchev–Trinajstić information content (AvgIpc) is 2.62. The van der Waals surface area contributed by atoms with Gasteiger partial charge < -0.3 is 15.5 Å². The molecule has 1 fully saturated rings. The summed E-state index contributed by atoms with van der Waals surface area (Å²) in [6.07, 6.45) is 3.60. The lowest BCUT2D eigenvalue weighted by molar-refractivity contribution is 0.260. The van der Waals surface area contributed by atoms with Gasteiger partial charge in [0.25, 0.3) is 0 Å². The minimum absolute atomic E-state index is 0.408. The van der Waals surface area contributed by atoms with Gasteiger partial charge in [-0.15, -0.1) is 0 Å². The molecule has 24 heavy (non-hydrogen) atoms. The summed E-state index contributed by atoms with van der Waals surface area (Å²) >= 11 is 0. The smallest absolute Gasteiger partial charge is 0.225 e. The highest BCUT2D eigenvalue weighted by atomic mass is 15.3. The van der Waals surface area contributed by atoms with E-state index in [1.807, 2.05) is 13.1 Å². The van der Waals surface area contributed by atoms with Crippen LogP contribution in [0.4, 0.5) is 5.95 Å². The summed E-state index contributed by atoms with van der Waals surface area (Å²) in [6, 6.07) is 2.26. The molecule has 1 saturated heterocycles. The molecule has 7 heteroatoms. The summed E-state index contributed by atoms with van der Waals surface area (Å²) in [6.45, 7) is 12.5. The molecule has 7 nitrogen and oxygen atoms in total. The molecule has 0 saturated carbocycles. The lowest BCUT2D eigenvalue weighted by atomic mass is 10.1. The van der Waals surface area contributed by atoms with Crippen LogP contribution in [0.5, 0.6) is 0 Å². The number of hydrogen-bond donors (Lipinski definition) is 2. The minimum atomic E-state index is 0.408. The number of anilines is 1. The number of guanidine groups is 1. The van der Waals surface area contributed by atoms with Gasteiger partial charge in [-0.05, 0) is 18.9 Å². The highest BCUT2D eigenvalue weighted by Crippen LogP contribution is 2.09. The van der Waals surface area contributed by atoms with Crippen molar-refractivity contribution >= 4 is 11.9 Å². The van der Waals surface area contributed by atoms with Crippen molar-refractivity contribution in [1.29, 1.82) is 0 Å². The van der Waals surface area contributed by atoms with Crippen molar-refractivity contribution in [1.82, 2.24) is 25.5 Å². The summed E-state index contributed by atoms with van der Waals surface area (Å²) in [5.74, 6) is 2.30. The fourth-order valence-electron chi connectivity index (χ4n) is 2.54. The molecule has 1 atom stereocenters. The second-order valence-electron chi connectivity index (χ2n) is 6.55. The van der Waals surface area contributed by atoms with Crippen molar-refractivity contribution in [2.75, 3.05) is 51.2 Å². The van der Waals surface area contributed by atoms with E-state index in [2.05, 4.69) is 56.2 Å². The standard InChI is InChI=1S/C17H31N7/c1-14(2)15(3)22-16(18-4)19-8-9-23-10-12-24(13-11-23)17-20-6-5-7-21-17/h5-7,14-15H,8-13H2,1-4H3,(H2,18,19,22). The topological polar surface area (TPSA) is 68.7 Å². The molecule has 134 valence electrons. The van der Waals surface area contributed by atoms with E-state index in [1.54, 1.807) is 12.4 Å². The molecule has 1 unspecified atom stereocenters. The van der Waals surface area contributed by atoms with E-state index in [9.17, 15) is 0 Å². The van der Waals surface area contributed by atoms with Crippen LogP contribution in [-0.2, 0) is 0 Å². The van der Waals surface area contributed by atoms with Gasteiger partial charge in [0, 0.05) is 64.8 Å². The number of rotatable bonds is 6. The molecule has 1 aliphatic heterocycles. The average molecular weight is 333 g/mol. The van der Waals surface area contributed by atoms with Gasteiger partial charge in [-0.25, -0.2) is 9.97 Å². The number of nitrogens with one attached hydrogen (secondary N) is 2. The Labute approximate surface area is 145 Å². The van der Waals surface area contributed by atoms with Gasteiger partial charge in [0.2, 0.25) is 5.95 Å². The van der Waals surface area contributed by atoms with E-state index in [4.69, 9.17) is 0 Å². The Balaban J connectivity index is 1.67.